The van der Waals surface area contributed by atoms with Crippen molar-refractivity contribution in [1.29, 1.82) is 0 Å². The van der Waals surface area contributed by atoms with Gasteiger partial charge in [0.25, 0.3) is 0 Å². The zero-order valence-corrected chi connectivity index (χ0v) is 12.5. The van der Waals surface area contributed by atoms with Gasteiger partial charge in [0.2, 0.25) is 5.91 Å². The molecule has 0 saturated carbocycles. The highest BCUT2D eigenvalue weighted by Gasteiger charge is 2.30. The van der Waals surface area contributed by atoms with Crippen LogP contribution in [0.3, 0.4) is 0 Å². The Hall–Kier alpha value is -2.19. The van der Waals surface area contributed by atoms with Crippen molar-refractivity contribution in [1.82, 2.24) is 5.32 Å². The minimum absolute atomic E-state index is 0. The van der Waals surface area contributed by atoms with E-state index < -0.39 is 6.36 Å². The molecule has 2 aromatic rings. The number of anilines is 1. The lowest BCUT2D eigenvalue weighted by Crippen LogP contribution is -2.27. The van der Waals surface area contributed by atoms with Crippen molar-refractivity contribution >= 4 is 24.0 Å². The maximum atomic E-state index is 12.0. The summed E-state index contributed by atoms with van der Waals surface area (Å²) in [5.74, 6) is 0.0268. The number of furan rings is 1. The predicted molar refractivity (Wildman–Crippen MR) is 79.4 cm³/mol. The SMILES string of the molecule is Cl.O=C(CNCc1ccco1)Nc1ccc(OC(F)(F)F)cc1. The Labute approximate surface area is 136 Å². The molecule has 0 bridgehead atoms. The van der Waals surface area contributed by atoms with E-state index in [-0.39, 0.29) is 30.6 Å². The Morgan fingerprint density at radius 1 is 1.17 bits per heavy atom. The van der Waals surface area contributed by atoms with Gasteiger partial charge in [0, 0.05) is 5.69 Å². The summed E-state index contributed by atoms with van der Waals surface area (Å²) < 4.78 is 44.8. The van der Waals surface area contributed by atoms with Crippen molar-refractivity contribution in [3.63, 3.8) is 0 Å². The van der Waals surface area contributed by atoms with Crippen LogP contribution in [-0.4, -0.2) is 18.8 Å². The molecule has 0 aliphatic carbocycles. The molecule has 1 aromatic carbocycles. The number of alkyl halides is 3. The summed E-state index contributed by atoms with van der Waals surface area (Å²) in [7, 11) is 0. The predicted octanol–water partition coefficient (Wildman–Crippen LogP) is 3.33. The van der Waals surface area contributed by atoms with Crippen LogP contribution >= 0.6 is 12.4 Å². The Balaban J connectivity index is 0.00000264. The first-order valence-electron chi connectivity index (χ1n) is 6.31. The van der Waals surface area contributed by atoms with E-state index in [1.807, 2.05) is 0 Å². The van der Waals surface area contributed by atoms with E-state index >= 15 is 0 Å². The molecule has 1 amide bonds. The van der Waals surface area contributed by atoms with Crippen molar-refractivity contribution in [3.8, 4) is 5.75 Å². The quantitative estimate of drug-likeness (QED) is 0.839. The van der Waals surface area contributed by atoms with Crippen LogP contribution in [0.1, 0.15) is 5.76 Å². The van der Waals surface area contributed by atoms with Gasteiger partial charge in [-0.05, 0) is 36.4 Å². The molecule has 1 aromatic heterocycles. The first-order chi connectivity index (χ1) is 10.4. The van der Waals surface area contributed by atoms with Gasteiger partial charge >= 0.3 is 6.36 Å². The molecule has 2 N–H and O–H groups in total. The lowest BCUT2D eigenvalue weighted by Gasteiger charge is -2.10. The second-order valence-corrected chi connectivity index (χ2v) is 4.30. The molecule has 2 rings (SSSR count). The molecule has 0 fully saturated rings. The minimum Gasteiger partial charge on any atom is -0.468 e. The highest BCUT2D eigenvalue weighted by atomic mass is 35.5. The Kier molecular flexibility index (Phi) is 6.92. The molecule has 9 heteroatoms. The van der Waals surface area contributed by atoms with E-state index in [0.717, 1.165) is 12.1 Å². The zero-order chi connectivity index (χ0) is 16.0. The second-order valence-electron chi connectivity index (χ2n) is 4.30. The van der Waals surface area contributed by atoms with Crippen LogP contribution < -0.4 is 15.4 Å². The van der Waals surface area contributed by atoms with E-state index in [9.17, 15) is 18.0 Å². The maximum absolute atomic E-state index is 12.0. The normalized spacial score (nSPS) is 10.7. The van der Waals surface area contributed by atoms with Crippen LogP contribution in [0.25, 0.3) is 0 Å². The largest absolute Gasteiger partial charge is 0.573 e. The first kappa shape index (κ1) is 18.9. The molecule has 0 atom stereocenters. The van der Waals surface area contributed by atoms with Gasteiger partial charge in [0.1, 0.15) is 11.5 Å². The number of hydrogen-bond donors (Lipinski definition) is 2. The topological polar surface area (TPSA) is 63.5 Å². The van der Waals surface area contributed by atoms with Crippen LogP contribution in [0.4, 0.5) is 18.9 Å². The molecular weight excluding hydrogens is 337 g/mol. The average molecular weight is 351 g/mol. The monoisotopic (exact) mass is 350 g/mol. The Morgan fingerprint density at radius 3 is 2.43 bits per heavy atom. The van der Waals surface area contributed by atoms with Gasteiger partial charge in [0.15, 0.2) is 0 Å². The molecule has 0 spiro atoms. The molecule has 23 heavy (non-hydrogen) atoms. The van der Waals surface area contributed by atoms with Crippen LogP contribution in [0.5, 0.6) is 5.75 Å². The summed E-state index contributed by atoms with van der Waals surface area (Å²) in [4.78, 5) is 11.6. The standard InChI is InChI=1S/C14H13F3N2O3.ClH/c15-14(16,17)22-11-5-3-10(4-6-11)19-13(20)9-18-8-12-2-1-7-21-12;/h1-7,18H,8-9H2,(H,19,20);1H. The Bertz CT molecular complexity index is 601. The second kappa shape index (κ2) is 8.44. The van der Waals surface area contributed by atoms with Crippen LogP contribution in [0.15, 0.2) is 47.1 Å². The highest BCUT2D eigenvalue weighted by molar-refractivity contribution is 5.92. The number of ether oxygens (including phenoxy) is 1. The summed E-state index contributed by atoms with van der Waals surface area (Å²) in [5.41, 5.74) is 0.374. The van der Waals surface area contributed by atoms with Crippen LogP contribution in [0, 0.1) is 0 Å². The van der Waals surface area contributed by atoms with Gasteiger partial charge in [-0.1, -0.05) is 0 Å². The van der Waals surface area contributed by atoms with E-state index in [4.69, 9.17) is 4.42 Å². The van der Waals surface area contributed by atoms with Gasteiger partial charge in [-0.2, -0.15) is 0 Å². The Morgan fingerprint density at radius 2 is 1.87 bits per heavy atom. The number of nitrogens with one attached hydrogen (secondary N) is 2. The summed E-state index contributed by atoms with van der Waals surface area (Å²) in [6, 6.07) is 8.40. The maximum Gasteiger partial charge on any atom is 0.573 e. The fraction of sp³-hybridized carbons (Fsp3) is 0.214. The van der Waals surface area contributed by atoms with Crippen molar-refractivity contribution in [2.45, 2.75) is 12.9 Å². The smallest absolute Gasteiger partial charge is 0.468 e. The average Bonchev–Trinajstić information content (AvgIpc) is 2.92. The number of carbonyl (C=O) groups excluding carboxylic acids is 1. The van der Waals surface area contributed by atoms with Gasteiger partial charge in [-0.3, -0.25) is 4.79 Å². The summed E-state index contributed by atoms with van der Waals surface area (Å²) >= 11 is 0. The van der Waals surface area contributed by atoms with Crippen LogP contribution in [-0.2, 0) is 11.3 Å². The molecule has 0 radical (unpaired) electrons. The first-order valence-corrected chi connectivity index (χ1v) is 6.31. The summed E-state index contributed by atoms with van der Waals surface area (Å²) in [5, 5.41) is 5.41. The third-order valence-electron chi connectivity index (χ3n) is 2.54. The number of hydrogen-bond acceptors (Lipinski definition) is 4. The lowest BCUT2D eigenvalue weighted by atomic mass is 10.3. The number of carbonyl (C=O) groups is 1. The van der Waals surface area contributed by atoms with Gasteiger partial charge < -0.3 is 19.8 Å². The molecule has 0 unspecified atom stereocenters. The fourth-order valence-electron chi connectivity index (χ4n) is 1.66. The number of amides is 1. The molecule has 0 aliphatic rings. The van der Waals surface area contributed by atoms with Gasteiger partial charge in [0.05, 0.1) is 19.4 Å². The van der Waals surface area contributed by atoms with Crippen molar-refractivity contribution in [3.05, 3.63) is 48.4 Å². The molecule has 1 heterocycles. The molecule has 5 nitrogen and oxygen atoms in total. The van der Waals surface area contributed by atoms with Gasteiger partial charge in [-0.25, -0.2) is 0 Å². The summed E-state index contributed by atoms with van der Waals surface area (Å²) in [6.07, 6.45) is -3.21. The minimum atomic E-state index is -4.74. The zero-order valence-electron chi connectivity index (χ0n) is 11.7. The lowest BCUT2D eigenvalue weighted by molar-refractivity contribution is -0.274. The molecule has 0 saturated heterocycles. The van der Waals surface area contributed by atoms with E-state index in [2.05, 4.69) is 15.4 Å². The third kappa shape index (κ3) is 7.07. The molecule has 0 aliphatic heterocycles. The van der Waals surface area contributed by atoms with Crippen molar-refractivity contribution < 1.29 is 27.1 Å². The van der Waals surface area contributed by atoms with E-state index in [1.165, 1.54) is 18.4 Å². The van der Waals surface area contributed by atoms with E-state index in [0.29, 0.717) is 18.0 Å². The number of halogens is 4. The fourth-order valence-corrected chi connectivity index (χ4v) is 1.66. The molecular formula is C14H14ClF3N2O3. The van der Waals surface area contributed by atoms with Gasteiger partial charge in [-0.15, -0.1) is 25.6 Å². The number of benzene rings is 1. The third-order valence-corrected chi connectivity index (χ3v) is 2.54. The van der Waals surface area contributed by atoms with Crippen LogP contribution in [0.2, 0.25) is 0 Å². The highest BCUT2D eigenvalue weighted by Crippen LogP contribution is 2.23. The van der Waals surface area contributed by atoms with Crippen molar-refractivity contribution in [2.75, 3.05) is 11.9 Å². The van der Waals surface area contributed by atoms with Crippen molar-refractivity contribution in [2.24, 2.45) is 0 Å². The molecule has 126 valence electrons. The summed E-state index contributed by atoms with van der Waals surface area (Å²) in [6.45, 7) is 0.445. The number of rotatable bonds is 6. The van der Waals surface area contributed by atoms with E-state index in [1.54, 1.807) is 12.1 Å².